The van der Waals surface area contributed by atoms with Crippen molar-refractivity contribution in [3.8, 4) is 6.07 Å². The molecule has 0 spiro atoms. The van der Waals surface area contributed by atoms with E-state index in [0.717, 1.165) is 6.07 Å². The molecular formula is C15H6BrF5N2O2S. The molecule has 1 N–H and O–H groups in total. The van der Waals surface area contributed by atoms with Crippen LogP contribution in [0.15, 0.2) is 33.6 Å². The Labute approximate surface area is 152 Å². The number of nitriles is 1. The van der Waals surface area contributed by atoms with Crippen molar-refractivity contribution in [2.24, 2.45) is 0 Å². The lowest BCUT2D eigenvalue weighted by atomic mass is 10.1. The Kier molecular flexibility index (Phi) is 5.68. The number of halogens is 6. The average molecular weight is 453 g/mol. The van der Waals surface area contributed by atoms with E-state index in [0.29, 0.717) is 4.47 Å². The Hall–Kier alpha value is -2.45. The third-order valence-electron chi connectivity index (χ3n) is 3.02. The molecular weight excluding hydrogens is 447 g/mol. The zero-order chi connectivity index (χ0) is 19.6. The van der Waals surface area contributed by atoms with Crippen molar-refractivity contribution in [3.05, 3.63) is 68.3 Å². The van der Waals surface area contributed by atoms with Crippen LogP contribution in [0.3, 0.4) is 0 Å². The van der Waals surface area contributed by atoms with E-state index in [1.807, 2.05) is 4.72 Å². The monoisotopic (exact) mass is 452 g/mol. The Morgan fingerprint density at radius 2 is 1.42 bits per heavy atom. The Bertz CT molecular complexity index is 1020. The van der Waals surface area contributed by atoms with Gasteiger partial charge in [0.05, 0.1) is 5.56 Å². The fraction of sp³-hybridized carbons (Fsp3) is 0. The van der Waals surface area contributed by atoms with Crippen molar-refractivity contribution in [2.75, 3.05) is 4.72 Å². The van der Waals surface area contributed by atoms with Gasteiger partial charge in [-0.25, -0.2) is 30.4 Å². The molecule has 26 heavy (non-hydrogen) atoms. The highest BCUT2D eigenvalue weighted by Crippen LogP contribution is 2.26. The summed E-state index contributed by atoms with van der Waals surface area (Å²) in [6.45, 7) is 0. The van der Waals surface area contributed by atoms with Crippen LogP contribution < -0.4 is 4.72 Å². The number of hydrogen-bond acceptors (Lipinski definition) is 3. The summed E-state index contributed by atoms with van der Waals surface area (Å²) < 4.78 is 93.6. The molecule has 0 saturated heterocycles. The summed E-state index contributed by atoms with van der Waals surface area (Å²) >= 11 is 3.12. The summed E-state index contributed by atoms with van der Waals surface area (Å²) in [5, 5.41) is 8.97. The molecule has 0 aromatic heterocycles. The van der Waals surface area contributed by atoms with Crippen LogP contribution in [0.25, 0.3) is 6.08 Å². The molecule has 0 saturated carbocycles. The fourth-order valence-electron chi connectivity index (χ4n) is 1.78. The van der Waals surface area contributed by atoms with Crippen LogP contribution in [0.2, 0.25) is 0 Å². The molecule has 0 radical (unpaired) electrons. The number of rotatable bonds is 4. The van der Waals surface area contributed by atoms with Gasteiger partial charge in [0.2, 0.25) is 5.82 Å². The molecule has 0 aliphatic heterocycles. The summed E-state index contributed by atoms with van der Waals surface area (Å²) in [6.07, 6.45) is 0.0669. The largest absolute Gasteiger partial charge is 0.279 e. The first-order valence-corrected chi connectivity index (χ1v) is 8.77. The number of allylic oxidation sites excluding steroid dienone is 1. The minimum atomic E-state index is -4.64. The molecule has 0 aliphatic rings. The first-order valence-electron chi connectivity index (χ1n) is 6.50. The van der Waals surface area contributed by atoms with Gasteiger partial charge in [-0.1, -0.05) is 15.9 Å². The molecule has 11 heteroatoms. The fourth-order valence-corrected chi connectivity index (χ4v) is 2.99. The molecule has 0 heterocycles. The van der Waals surface area contributed by atoms with E-state index in [-0.39, 0.29) is 11.8 Å². The van der Waals surface area contributed by atoms with E-state index in [9.17, 15) is 30.4 Å². The van der Waals surface area contributed by atoms with Gasteiger partial charge < -0.3 is 0 Å². The maximum Gasteiger partial charge on any atom is 0.272 e. The molecule has 0 atom stereocenters. The van der Waals surface area contributed by atoms with Gasteiger partial charge in [-0.15, -0.1) is 0 Å². The van der Waals surface area contributed by atoms with E-state index >= 15 is 0 Å². The van der Waals surface area contributed by atoms with Crippen molar-refractivity contribution in [1.82, 2.24) is 0 Å². The molecule has 0 aliphatic carbocycles. The van der Waals surface area contributed by atoms with Gasteiger partial charge in [0.1, 0.15) is 6.07 Å². The normalized spacial score (nSPS) is 12.0. The molecule has 4 nitrogen and oxygen atoms in total. The van der Waals surface area contributed by atoms with Crippen LogP contribution in [0, 0.1) is 40.4 Å². The SMILES string of the molecule is N#C/C(=C\c1c(F)c(F)c(F)c(F)c1F)S(=O)(=O)Nc1ccc(Br)cc1. The van der Waals surface area contributed by atoms with Crippen molar-refractivity contribution >= 4 is 37.7 Å². The zero-order valence-corrected chi connectivity index (χ0v) is 14.7. The van der Waals surface area contributed by atoms with E-state index in [4.69, 9.17) is 5.26 Å². The number of nitrogens with one attached hydrogen (secondary N) is 1. The van der Waals surface area contributed by atoms with E-state index in [1.54, 1.807) is 0 Å². The highest BCUT2D eigenvalue weighted by molar-refractivity contribution is 9.10. The lowest BCUT2D eigenvalue weighted by Gasteiger charge is -2.08. The topological polar surface area (TPSA) is 70.0 Å². The van der Waals surface area contributed by atoms with Gasteiger partial charge in [-0.05, 0) is 30.3 Å². The number of anilines is 1. The van der Waals surface area contributed by atoms with Gasteiger partial charge >= 0.3 is 0 Å². The zero-order valence-electron chi connectivity index (χ0n) is 12.3. The summed E-state index contributed by atoms with van der Waals surface area (Å²) in [6, 6.07) is 6.73. The predicted octanol–water partition coefficient (Wildman–Crippen LogP) is 4.45. The second kappa shape index (κ2) is 7.43. The highest BCUT2D eigenvalue weighted by Gasteiger charge is 2.27. The Balaban J connectivity index is 2.55. The van der Waals surface area contributed by atoms with Gasteiger partial charge in [0.15, 0.2) is 28.2 Å². The van der Waals surface area contributed by atoms with Gasteiger partial charge in [-0.3, -0.25) is 4.72 Å². The minimum Gasteiger partial charge on any atom is -0.279 e. The standard InChI is InChI=1S/C15H6BrF5N2O2S/c16-7-1-3-8(4-2-7)23-26(24,25)9(6-22)5-10-11(17)13(19)15(21)14(20)12(10)18/h1-5,23H/b9-5+. The summed E-state index contributed by atoms with van der Waals surface area (Å²) in [5.41, 5.74) is -1.54. The third kappa shape index (κ3) is 3.86. The van der Waals surface area contributed by atoms with Crippen LogP contribution in [0.1, 0.15) is 5.56 Å². The van der Waals surface area contributed by atoms with Crippen LogP contribution in [-0.4, -0.2) is 8.42 Å². The summed E-state index contributed by atoms with van der Waals surface area (Å²) in [7, 11) is -4.64. The molecule has 136 valence electrons. The smallest absolute Gasteiger partial charge is 0.272 e. The van der Waals surface area contributed by atoms with E-state index < -0.39 is 49.6 Å². The molecule has 2 rings (SSSR count). The maximum atomic E-state index is 13.7. The highest BCUT2D eigenvalue weighted by atomic mass is 79.9. The predicted molar refractivity (Wildman–Crippen MR) is 86.5 cm³/mol. The summed E-state index contributed by atoms with van der Waals surface area (Å²) in [4.78, 5) is -1.25. The quantitative estimate of drug-likeness (QED) is 0.322. The van der Waals surface area contributed by atoms with Crippen LogP contribution in [0.5, 0.6) is 0 Å². The number of sulfonamides is 1. The summed E-state index contributed by atoms with van der Waals surface area (Å²) in [5.74, 6) is -11.4. The first kappa shape index (κ1) is 19.9. The van der Waals surface area contributed by atoms with Gasteiger partial charge in [0, 0.05) is 10.2 Å². The lowest BCUT2D eigenvalue weighted by molar-refractivity contribution is 0.377. The molecule has 0 bridgehead atoms. The van der Waals surface area contributed by atoms with Gasteiger partial charge in [-0.2, -0.15) is 5.26 Å². The molecule has 0 fully saturated rings. The molecule has 2 aromatic carbocycles. The van der Waals surface area contributed by atoms with E-state index in [1.165, 1.54) is 24.3 Å². The Morgan fingerprint density at radius 3 is 1.88 bits per heavy atom. The van der Waals surface area contributed by atoms with Crippen molar-refractivity contribution in [3.63, 3.8) is 0 Å². The van der Waals surface area contributed by atoms with Crippen molar-refractivity contribution < 1.29 is 30.4 Å². The number of nitrogens with zero attached hydrogens (tertiary/aromatic N) is 1. The second-order valence-electron chi connectivity index (χ2n) is 4.72. The van der Waals surface area contributed by atoms with E-state index in [2.05, 4.69) is 15.9 Å². The Morgan fingerprint density at radius 1 is 0.962 bits per heavy atom. The second-order valence-corrected chi connectivity index (χ2v) is 7.28. The third-order valence-corrected chi connectivity index (χ3v) is 4.84. The van der Waals surface area contributed by atoms with Crippen LogP contribution >= 0.6 is 15.9 Å². The van der Waals surface area contributed by atoms with Gasteiger partial charge in [0.25, 0.3) is 10.0 Å². The molecule has 2 aromatic rings. The minimum absolute atomic E-state index is 0.00626. The van der Waals surface area contributed by atoms with Crippen molar-refractivity contribution in [2.45, 2.75) is 0 Å². The number of benzene rings is 2. The molecule has 0 unspecified atom stereocenters. The van der Waals surface area contributed by atoms with Crippen molar-refractivity contribution in [1.29, 1.82) is 5.26 Å². The maximum absolute atomic E-state index is 13.7. The number of hydrogen-bond donors (Lipinski definition) is 1. The average Bonchev–Trinajstić information content (AvgIpc) is 2.60. The molecule has 0 amide bonds. The van der Waals surface area contributed by atoms with Crippen LogP contribution in [0.4, 0.5) is 27.6 Å². The first-order chi connectivity index (χ1) is 12.1. The lowest BCUT2D eigenvalue weighted by Crippen LogP contribution is -2.14. The van der Waals surface area contributed by atoms with Crippen LogP contribution in [-0.2, 0) is 10.0 Å².